The second-order valence-electron chi connectivity index (χ2n) is 3.33. The minimum atomic E-state index is -4.24. The summed E-state index contributed by atoms with van der Waals surface area (Å²) in [6.45, 7) is 1.69. The van der Waals surface area contributed by atoms with Crippen LogP contribution < -0.4 is 10.6 Å². The summed E-state index contributed by atoms with van der Waals surface area (Å²) in [7, 11) is 0. The molecule has 0 saturated carbocycles. The lowest BCUT2D eigenvalue weighted by molar-refractivity contribution is -0.174. The summed E-state index contributed by atoms with van der Waals surface area (Å²) in [6, 6.07) is -0.817. The SMILES string of the molecule is CCC(=O)NC1CNCC1C(F)(F)F. The molecule has 1 saturated heterocycles. The van der Waals surface area contributed by atoms with E-state index in [1.165, 1.54) is 0 Å². The van der Waals surface area contributed by atoms with E-state index in [1.54, 1.807) is 6.92 Å². The number of nitrogens with one attached hydrogen (secondary N) is 2. The Morgan fingerprint density at radius 1 is 1.50 bits per heavy atom. The van der Waals surface area contributed by atoms with Crippen molar-refractivity contribution < 1.29 is 18.0 Å². The molecule has 1 amide bonds. The molecule has 0 aromatic heterocycles. The van der Waals surface area contributed by atoms with Crippen LogP contribution in [0.1, 0.15) is 13.3 Å². The molecule has 2 atom stereocenters. The number of halogens is 3. The maximum absolute atomic E-state index is 12.4. The lowest BCUT2D eigenvalue weighted by Crippen LogP contribution is -2.45. The number of alkyl halides is 3. The van der Waals surface area contributed by atoms with Crippen molar-refractivity contribution in [3.8, 4) is 0 Å². The molecule has 0 aromatic rings. The average molecular weight is 210 g/mol. The fourth-order valence-electron chi connectivity index (χ4n) is 1.48. The average Bonchev–Trinajstić information content (AvgIpc) is 2.51. The van der Waals surface area contributed by atoms with Crippen molar-refractivity contribution in [2.45, 2.75) is 25.6 Å². The van der Waals surface area contributed by atoms with Gasteiger partial charge in [0.15, 0.2) is 0 Å². The molecule has 1 fully saturated rings. The summed E-state index contributed by atoms with van der Waals surface area (Å²) >= 11 is 0. The first-order valence-corrected chi connectivity index (χ1v) is 4.52. The van der Waals surface area contributed by atoms with Crippen LogP contribution in [0, 0.1) is 5.92 Å². The van der Waals surface area contributed by atoms with Crippen molar-refractivity contribution >= 4 is 5.91 Å². The van der Waals surface area contributed by atoms with Crippen LogP contribution in [0.5, 0.6) is 0 Å². The summed E-state index contributed by atoms with van der Waals surface area (Å²) in [4.78, 5) is 10.9. The maximum atomic E-state index is 12.4. The first-order chi connectivity index (χ1) is 6.45. The molecule has 1 heterocycles. The second-order valence-corrected chi connectivity index (χ2v) is 3.33. The van der Waals surface area contributed by atoms with Crippen molar-refractivity contribution in [2.24, 2.45) is 5.92 Å². The molecule has 1 rings (SSSR count). The molecule has 0 aromatic carbocycles. The predicted molar refractivity (Wildman–Crippen MR) is 44.6 cm³/mol. The largest absolute Gasteiger partial charge is 0.395 e. The van der Waals surface area contributed by atoms with E-state index in [9.17, 15) is 18.0 Å². The molecule has 82 valence electrons. The van der Waals surface area contributed by atoms with Crippen LogP contribution in [-0.2, 0) is 4.79 Å². The number of hydrogen-bond acceptors (Lipinski definition) is 2. The molecule has 0 spiro atoms. The number of hydrogen-bond donors (Lipinski definition) is 2. The molecular weight excluding hydrogens is 197 g/mol. The molecule has 1 aliphatic rings. The molecule has 3 nitrogen and oxygen atoms in total. The quantitative estimate of drug-likeness (QED) is 0.703. The van der Waals surface area contributed by atoms with Crippen molar-refractivity contribution in [2.75, 3.05) is 13.1 Å². The highest BCUT2D eigenvalue weighted by atomic mass is 19.4. The van der Waals surface area contributed by atoms with E-state index in [0.29, 0.717) is 0 Å². The van der Waals surface area contributed by atoms with Gasteiger partial charge in [0.1, 0.15) is 0 Å². The molecule has 1 aliphatic heterocycles. The van der Waals surface area contributed by atoms with Crippen LogP contribution in [-0.4, -0.2) is 31.2 Å². The van der Waals surface area contributed by atoms with Gasteiger partial charge in [-0.3, -0.25) is 4.79 Å². The first kappa shape index (κ1) is 11.3. The third kappa shape index (κ3) is 2.60. The Labute approximate surface area is 80.0 Å². The van der Waals surface area contributed by atoms with Crippen LogP contribution in [0.4, 0.5) is 13.2 Å². The second kappa shape index (κ2) is 4.16. The molecule has 2 N–H and O–H groups in total. The van der Waals surface area contributed by atoms with Gasteiger partial charge in [-0.25, -0.2) is 0 Å². The fraction of sp³-hybridized carbons (Fsp3) is 0.875. The third-order valence-corrected chi connectivity index (χ3v) is 2.30. The molecule has 2 unspecified atom stereocenters. The van der Waals surface area contributed by atoms with Gasteiger partial charge < -0.3 is 10.6 Å². The molecule has 6 heteroatoms. The highest BCUT2D eigenvalue weighted by Crippen LogP contribution is 2.30. The number of rotatable bonds is 2. The number of carbonyl (C=O) groups excluding carboxylic acids is 1. The van der Waals surface area contributed by atoms with E-state index in [-0.39, 0.29) is 25.4 Å². The molecule has 0 bridgehead atoms. The predicted octanol–water partition coefficient (Wildman–Crippen LogP) is 0.663. The topological polar surface area (TPSA) is 41.1 Å². The van der Waals surface area contributed by atoms with Gasteiger partial charge in [0.25, 0.3) is 0 Å². The smallest absolute Gasteiger partial charge is 0.351 e. The standard InChI is InChI=1S/C8H13F3N2O/c1-2-7(14)13-6-4-12-3-5(6)8(9,10)11/h5-6,12H,2-4H2,1H3,(H,13,14). The van der Waals surface area contributed by atoms with Crippen LogP contribution in [0.25, 0.3) is 0 Å². The van der Waals surface area contributed by atoms with Crippen molar-refractivity contribution in [1.82, 2.24) is 10.6 Å². The summed E-state index contributed by atoms with van der Waals surface area (Å²) < 4.78 is 37.1. The number of carbonyl (C=O) groups is 1. The molecule has 0 radical (unpaired) electrons. The van der Waals surface area contributed by atoms with Gasteiger partial charge in [-0.2, -0.15) is 13.2 Å². The highest BCUT2D eigenvalue weighted by Gasteiger charge is 2.47. The molecule has 0 aliphatic carbocycles. The van der Waals surface area contributed by atoms with Gasteiger partial charge >= 0.3 is 6.18 Å². The van der Waals surface area contributed by atoms with Gasteiger partial charge in [0.2, 0.25) is 5.91 Å². The Morgan fingerprint density at radius 2 is 2.14 bits per heavy atom. The Morgan fingerprint density at radius 3 is 2.64 bits per heavy atom. The molecular formula is C8H13F3N2O. The van der Waals surface area contributed by atoms with E-state index in [1.807, 2.05) is 0 Å². The highest BCUT2D eigenvalue weighted by molar-refractivity contribution is 5.75. The van der Waals surface area contributed by atoms with Crippen LogP contribution in [0.2, 0.25) is 0 Å². The number of amides is 1. The molecule has 14 heavy (non-hydrogen) atoms. The van der Waals surface area contributed by atoms with Gasteiger partial charge in [-0.05, 0) is 0 Å². The van der Waals surface area contributed by atoms with Crippen LogP contribution >= 0.6 is 0 Å². The fourth-order valence-corrected chi connectivity index (χ4v) is 1.48. The Hall–Kier alpha value is -0.780. The minimum Gasteiger partial charge on any atom is -0.351 e. The Balaban J connectivity index is 2.56. The zero-order valence-electron chi connectivity index (χ0n) is 7.82. The lowest BCUT2D eigenvalue weighted by atomic mass is 10.0. The zero-order valence-corrected chi connectivity index (χ0v) is 7.82. The van der Waals surface area contributed by atoms with E-state index in [2.05, 4.69) is 10.6 Å². The van der Waals surface area contributed by atoms with Gasteiger partial charge in [0.05, 0.1) is 12.0 Å². The van der Waals surface area contributed by atoms with Gasteiger partial charge in [-0.1, -0.05) is 6.92 Å². The maximum Gasteiger partial charge on any atom is 0.395 e. The summed E-state index contributed by atoms with van der Waals surface area (Å²) in [5.74, 6) is -1.80. The minimum absolute atomic E-state index is 0.113. The van der Waals surface area contributed by atoms with Crippen LogP contribution in [0.15, 0.2) is 0 Å². The van der Waals surface area contributed by atoms with Crippen molar-refractivity contribution in [1.29, 1.82) is 0 Å². The third-order valence-electron chi connectivity index (χ3n) is 2.30. The summed E-state index contributed by atoms with van der Waals surface area (Å²) in [5, 5.41) is 4.99. The summed E-state index contributed by atoms with van der Waals surface area (Å²) in [5.41, 5.74) is 0. The van der Waals surface area contributed by atoms with E-state index in [4.69, 9.17) is 0 Å². The van der Waals surface area contributed by atoms with Crippen molar-refractivity contribution in [3.63, 3.8) is 0 Å². The summed E-state index contributed by atoms with van der Waals surface area (Å²) in [6.07, 6.45) is -4.03. The normalized spacial score (nSPS) is 27.7. The van der Waals surface area contributed by atoms with Gasteiger partial charge in [0, 0.05) is 19.5 Å². The van der Waals surface area contributed by atoms with Crippen LogP contribution in [0.3, 0.4) is 0 Å². The van der Waals surface area contributed by atoms with E-state index < -0.39 is 18.1 Å². The van der Waals surface area contributed by atoms with E-state index >= 15 is 0 Å². The first-order valence-electron chi connectivity index (χ1n) is 4.52. The van der Waals surface area contributed by atoms with Gasteiger partial charge in [-0.15, -0.1) is 0 Å². The lowest BCUT2D eigenvalue weighted by Gasteiger charge is -2.21. The monoisotopic (exact) mass is 210 g/mol. The van der Waals surface area contributed by atoms with E-state index in [0.717, 1.165) is 0 Å². The zero-order chi connectivity index (χ0) is 10.8. The van der Waals surface area contributed by atoms with Crippen molar-refractivity contribution in [3.05, 3.63) is 0 Å². The Bertz CT molecular complexity index is 217. The Kier molecular flexibility index (Phi) is 3.36.